The molecular weight excluding hydrogens is 1260 g/mol. The molecule has 0 fully saturated rings. The molecule has 0 aliphatic carbocycles. The van der Waals surface area contributed by atoms with Gasteiger partial charge in [0.15, 0.2) is 0 Å². The maximum atomic E-state index is 6.65. The zero-order chi connectivity index (χ0) is 71.3. The first-order valence-corrected chi connectivity index (χ1v) is 39.9. The summed E-state index contributed by atoms with van der Waals surface area (Å²) in [5.41, 5.74) is 1.85. The molecule has 0 aliphatic heterocycles. The summed E-state index contributed by atoms with van der Waals surface area (Å²) in [7, 11) is 0. The molecule has 0 spiro atoms. The molecule has 0 bridgehead atoms. The van der Waals surface area contributed by atoms with Crippen molar-refractivity contribution in [3.05, 3.63) is 72.8 Å². The Morgan fingerprint density at radius 2 is 0.396 bits per heavy atom. The summed E-state index contributed by atoms with van der Waals surface area (Å²) in [6.45, 7) is 21.4. The second-order valence-electron chi connectivity index (χ2n) is 27.7. The van der Waals surface area contributed by atoms with Crippen molar-refractivity contribution in [1.82, 2.24) is 44.9 Å². The molecule has 0 amide bonds. The van der Waals surface area contributed by atoms with Gasteiger partial charge in [-0.3, -0.25) is 0 Å². The molecule has 21 nitrogen and oxygen atoms in total. The predicted molar refractivity (Wildman–Crippen MR) is 424 cm³/mol. The topological polar surface area (TPSA) is 252 Å². The summed E-state index contributed by atoms with van der Waals surface area (Å²) in [5.74, 6) is 6.88. The maximum absolute atomic E-state index is 6.65. The van der Waals surface area contributed by atoms with E-state index in [0.717, 1.165) is 94.9 Å². The molecule has 6 aromatic rings. The first-order chi connectivity index (χ1) is 49.7. The molecule has 0 saturated heterocycles. The van der Waals surface area contributed by atoms with Crippen LogP contribution in [0, 0.1) is 5.41 Å². The number of hydrogen-bond donors (Lipinski definition) is 9. The van der Waals surface area contributed by atoms with Gasteiger partial charge in [0.05, 0.1) is 5.41 Å². The Balaban J connectivity index is 1.15. The van der Waals surface area contributed by atoms with Crippen LogP contribution < -0.4 is 62.1 Å². The molecule has 0 saturated carbocycles. The van der Waals surface area contributed by atoms with Crippen LogP contribution in [-0.4, -0.2) is 104 Å². The van der Waals surface area contributed by atoms with E-state index in [0.29, 0.717) is 90.6 Å². The van der Waals surface area contributed by atoms with Gasteiger partial charge in [-0.2, -0.15) is 44.9 Å². The third-order valence-corrected chi connectivity index (χ3v) is 17.9. The summed E-state index contributed by atoms with van der Waals surface area (Å²) < 4.78 is 19.9. The van der Waals surface area contributed by atoms with Crippen LogP contribution in [0.15, 0.2) is 72.8 Å². The highest BCUT2D eigenvalue weighted by Gasteiger charge is 2.29. The van der Waals surface area contributed by atoms with Gasteiger partial charge in [0, 0.05) is 56.3 Å². The van der Waals surface area contributed by atoms with E-state index in [9.17, 15) is 0 Å². The molecule has 560 valence electrons. The number of unbranched alkanes of at least 4 members (excludes halogenated alkanes) is 30. The molecule has 9 N–H and O–H groups in total. The van der Waals surface area contributed by atoms with Gasteiger partial charge in [-0.05, 0) is 118 Å². The van der Waals surface area contributed by atoms with E-state index >= 15 is 0 Å². The number of rotatable bonds is 63. The van der Waals surface area contributed by atoms with Crippen LogP contribution in [0.4, 0.5) is 70.6 Å². The Morgan fingerprint density at radius 1 is 0.228 bits per heavy atom. The van der Waals surface area contributed by atoms with E-state index in [-0.39, 0.29) is 0 Å². The van der Waals surface area contributed by atoms with E-state index in [1.807, 2.05) is 72.8 Å². The Hall–Kier alpha value is -7.71. The Labute approximate surface area is 608 Å². The third-order valence-electron chi connectivity index (χ3n) is 17.9. The van der Waals surface area contributed by atoms with E-state index < -0.39 is 5.41 Å². The average Bonchev–Trinajstić information content (AvgIpc) is 0.879. The zero-order valence-electron chi connectivity index (χ0n) is 63.5. The standard InChI is InChI=1S/C80H132N18O3/c1-8-14-20-26-32-38-56-81-71-90-72(82-57-39-33-27-21-15-9-2)94-77(93-71)87-65-44-50-68(51-45-65)99-62-80(7,63-100-69-52-46-66(47-53-69)88-78-95-73(83-58-40-34-28-22-16-10-3)91-74(96-78)84-59-41-35-29-23-17-11-4)64-101-70-54-48-67(49-55-70)89-79-97-75(85-60-42-36-30-24-18-12-5)92-76(98-79)86-61-43-37-31-25-19-13-6/h44-55H,8-43,56-64H2,1-7H3,(H3,81,82,87,90,93,94)(H3,83,84,88,91,95,96)(H3,85,86,89,92,97,98). The van der Waals surface area contributed by atoms with Crippen LogP contribution in [0.5, 0.6) is 17.2 Å². The summed E-state index contributed by atoms with van der Waals surface area (Å²) in [5, 5.41) is 31.2. The van der Waals surface area contributed by atoms with Crippen molar-refractivity contribution in [2.24, 2.45) is 5.41 Å². The number of ether oxygens (including phenoxy) is 3. The number of nitrogens with one attached hydrogen (secondary N) is 9. The molecule has 3 aromatic heterocycles. The van der Waals surface area contributed by atoms with E-state index in [1.165, 1.54) is 193 Å². The maximum Gasteiger partial charge on any atom is 0.233 e. The highest BCUT2D eigenvalue weighted by atomic mass is 16.5. The molecule has 6 rings (SSSR count). The van der Waals surface area contributed by atoms with Crippen LogP contribution in [0.1, 0.15) is 280 Å². The van der Waals surface area contributed by atoms with E-state index in [4.69, 9.17) is 59.1 Å². The van der Waals surface area contributed by atoms with E-state index in [1.54, 1.807) is 0 Å². The first kappa shape index (κ1) is 82.2. The fourth-order valence-corrected chi connectivity index (χ4v) is 11.6. The Bertz CT molecular complexity index is 2610. The van der Waals surface area contributed by atoms with Crippen molar-refractivity contribution >= 4 is 70.6 Å². The Kier molecular flexibility index (Phi) is 42.6. The minimum Gasteiger partial charge on any atom is -0.493 e. The zero-order valence-corrected chi connectivity index (χ0v) is 63.5. The average molecular weight is 1390 g/mol. The lowest BCUT2D eigenvalue weighted by Gasteiger charge is -2.29. The van der Waals surface area contributed by atoms with Crippen molar-refractivity contribution in [2.45, 2.75) is 280 Å². The molecule has 0 radical (unpaired) electrons. The number of nitrogens with zero attached hydrogens (tertiary/aromatic N) is 9. The third kappa shape index (κ3) is 37.2. The minimum absolute atomic E-state index is 0.293. The van der Waals surface area contributed by atoms with Crippen molar-refractivity contribution in [2.75, 3.05) is 107 Å². The summed E-state index contributed by atoms with van der Waals surface area (Å²) in [4.78, 5) is 43.1. The predicted octanol–water partition coefficient (Wildman–Crippen LogP) is 21.6. The number of anilines is 12. The van der Waals surface area contributed by atoms with Gasteiger partial charge in [-0.15, -0.1) is 0 Å². The SMILES string of the molecule is CCCCCCCCNc1nc(NCCCCCCCC)nc(Nc2ccc(OCC(C)(COc3ccc(Nc4nc(NCCCCCCCC)nc(NCCCCCCCC)n4)cc3)COc3ccc(Nc4nc(NCCCCCCCC)nc(NCCCCCCCC)n4)cc3)cc2)n1. The first-order valence-electron chi connectivity index (χ1n) is 39.9. The summed E-state index contributed by atoms with van der Waals surface area (Å²) in [6.07, 6.45) is 43.8. The smallest absolute Gasteiger partial charge is 0.233 e. The Morgan fingerprint density at radius 3 is 0.584 bits per heavy atom. The fourth-order valence-electron chi connectivity index (χ4n) is 11.6. The van der Waals surface area contributed by atoms with Gasteiger partial charge in [0.25, 0.3) is 0 Å². The normalized spacial score (nSPS) is 11.3. The van der Waals surface area contributed by atoms with Gasteiger partial charge >= 0.3 is 0 Å². The minimum atomic E-state index is -0.626. The number of benzene rings is 3. The number of hydrogen-bond acceptors (Lipinski definition) is 21. The quantitative estimate of drug-likeness (QED) is 0.0161. The lowest BCUT2D eigenvalue weighted by molar-refractivity contribution is 0.0473. The van der Waals surface area contributed by atoms with Crippen molar-refractivity contribution in [3.8, 4) is 17.2 Å². The molecule has 3 heterocycles. The second kappa shape index (κ2) is 52.3. The lowest BCUT2D eigenvalue weighted by Crippen LogP contribution is -2.37. The second-order valence-corrected chi connectivity index (χ2v) is 27.7. The van der Waals surface area contributed by atoms with Crippen molar-refractivity contribution in [1.29, 1.82) is 0 Å². The largest absolute Gasteiger partial charge is 0.493 e. The van der Waals surface area contributed by atoms with Gasteiger partial charge in [-0.25, -0.2) is 0 Å². The van der Waals surface area contributed by atoms with Gasteiger partial charge in [-0.1, -0.05) is 234 Å². The van der Waals surface area contributed by atoms with Gasteiger partial charge in [0.1, 0.15) is 37.1 Å². The molecule has 0 aliphatic rings. The van der Waals surface area contributed by atoms with Crippen LogP contribution in [0.2, 0.25) is 0 Å². The van der Waals surface area contributed by atoms with Gasteiger partial charge < -0.3 is 62.1 Å². The number of aromatic nitrogens is 9. The lowest BCUT2D eigenvalue weighted by atomic mass is 9.94. The monoisotopic (exact) mass is 1390 g/mol. The van der Waals surface area contributed by atoms with Crippen LogP contribution in [-0.2, 0) is 0 Å². The molecule has 0 atom stereocenters. The van der Waals surface area contributed by atoms with E-state index in [2.05, 4.69) is 96.3 Å². The summed E-state index contributed by atoms with van der Waals surface area (Å²) in [6, 6.07) is 23.7. The molecule has 0 unspecified atom stereocenters. The highest BCUT2D eigenvalue weighted by Crippen LogP contribution is 2.29. The van der Waals surface area contributed by atoms with Crippen LogP contribution in [0.3, 0.4) is 0 Å². The fraction of sp³-hybridized carbons (Fsp3) is 0.662. The molecule has 101 heavy (non-hydrogen) atoms. The molecule has 3 aromatic carbocycles. The summed E-state index contributed by atoms with van der Waals surface area (Å²) >= 11 is 0. The van der Waals surface area contributed by atoms with Crippen LogP contribution in [0.25, 0.3) is 0 Å². The highest BCUT2D eigenvalue weighted by molar-refractivity contribution is 5.59. The van der Waals surface area contributed by atoms with Crippen molar-refractivity contribution < 1.29 is 14.2 Å². The van der Waals surface area contributed by atoms with Crippen LogP contribution >= 0.6 is 0 Å². The van der Waals surface area contributed by atoms with Crippen molar-refractivity contribution in [3.63, 3.8) is 0 Å². The molecular formula is C80H132N18O3. The van der Waals surface area contributed by atoms with Gasteiger partial charge in [0.2, 0.25) is 53.5 Å². The molecule has 21 heteroatoms.